The number of morpholine rings is 1. The lowest BCUT2D eigenvalue weighted by Gasteiger charge is -2.29. The maximum Gasteiger partial charge on any atom is 0.410 e. The van der Waals surface area contributed by atoms with Crippen molar-refractivity contribution in [2.75, 3.05) is 44.3 Å². The number of ether oxygens (including phenoxy) is 2. The van der Waals surface area contributed by atoms with Gasteiger partial charge in [0, 0.05) is 44.3 Å². The van der Waals surface area contributed by atoms with Crippen molar-refractivity contribution in [3.05, 3.63) is 33.9 Å². The molecule has 1 unspecified atom stereocenters. The summed E-state index contributed by atoms with van der Waals surface area (Å²) in [6.07, 6.45) is 0.470. The minimum atomic E-state index is -0.525. The van der Waals surface area contributed by atoms with Crippen LogP contribution in [0.2, 0.25) is 0 Å². The van der Waals surface area contributed by atoms with Gasteiger partial charge in [-0.15, -0.1) is 0 Å². The Morgan fingerprint density at radius 2 is 2.03 bits per heavy atom. The number of nitro benzene ring substituents is 1. The van der Waals surface area contributed by atoms with E-state index >= 15 is 0 Å². The van der Waals surface area contributed by atoms with Crippen molar-refractivity contribution in [3.8, 4) is 0 Å². The fraction of sp³-hybridized carbons (Fsp3) is 0.650. The van der Waals surface area contributed by atoms with E-state index in [1.54, 1.807) is 17.0 Å². The second kappa shape index (κ2) is 8.96. The summed E-state index contributed by atoms with van der Waals surface area (Å²) in [7, 11) is 0. The van der Waals surface area contributed by atoms with Crippen molar-refractivity contribution in [2.24, 2.45) is 0 Å². The van der Waals surface area contributed by atoms with Crippen LogP contribution >= 0.6 is 0 Å². The number of hydrogen-bond acceptors (Lipinski definition) is 7. The van der Waals surface area contributed by atoms with Crippen molar-refractivity contribution in [2.45, 2.75) is 45.4 Å². The average molecular weight is 406 g/mol. The molecule has 0 radical (unpaired) electrons. The van der Waals surface area contributed by atoms with Crippen molar-refractivity contribution >= 4 is 17.5 Å². The summed E-state index contributed by atoms with van der Waals surface area (Å²) in [4.78, 5) is 27.4. The Morgan fingerprint density at radius 1 is 1.31 bits per heavy atom. The van der Waals surface area contributed by atoms with Gasteiger partial charge in [0.1, 0.15) is 11.3 Å². The SMILES string of the molecule is CC(C)(C)OC(=O)N1CCC(NCc2cccc(N3CCOCC3)c2[N+](=O)[O-])C1. The maximum absolute atomic E-state index is 12.2. The molecule has 0 aliphatic carbocycles. The summed E-state index contributed by atoms with van der Waals surface area (Å²) in [5.74, 6) is 0. The van der Waals surface area contributed by atoms with Crippen LogP contribution in [0.3, 0.4) is 0 Å². The molecule has 1 atom stereocenters. The molecule has 0 spiro atoms. The van der Waals surface area contributed by atoms with Crippen LogP contribution in [0.25, 0.3) is 0 Å². The Balaban J connectivity index is 1.63. The maximum atomic E-state index is 12.2. The monoisotopic (exact) mass is 406 g/mol. The molecular formula is C20H30N4O5. The molecule has 2 heterocycles. The van der Waals surface area contributed by atoms with Gasteiger partial charge < -0.3 is 24.6 Å². The van der Waals surface area contributed by atoms with Crippen LogP contribution in [0.15, 0.2) is 18.2 Å². The number of nitrogens with one attached hydrogen (secondary N) is 1. The quantitative estimate of drug-likeness (QED) is 0.593. The summed E-state index contributed by atoms with van der Waals surface area (Å²) in [6.45, 7) is 9.49. The van der Waals surface area contributed by atoms with E-state index in [2.05, 4.69) is 5.32 Å². The van der Waals surface area contributed by atoms with Gasteiger partial charge in [0.25, 0.3) is 5.69 Å². The van der Waals surface area contributed by atoms with Gasteiger partial charge in [-0.1, -0.05) is 12.1 Å². The minimum absolute atomic E-state index is 0.0779. The normalized spacial score (nSPS) is 20.0. The van der Waals surface area contributed by atoms with Crippen molar-refractivity contribution < 1.29 is 19.2 Å². The van der Waals surface area contributed by atoms with Crippen molar-refractivity contribution in [1.29, 1.82) is 0 Å². The standard InChI is InChI=1S/C20H30N4O5/c1-20(2,3)29-19(25)23-8-7-16(14-23)21-13-15-5-4-6-17(18(15)24(26)27)22-9-11-28-12-10-22/h4-6,16,21H,7-14H2,1-3H3. The Labute approximate surface area is 171 Å². The van der Waals surface area contributed by atoms with Crippen molar-refractivity contribution in [3.63, 3.8) is 0 Å². The molecule has 1 aromatic rings. The summed E-state index contributed by atoms with van der Waals surface area (Å²) in [6, 6.07) is 5.52. The molecule has 2 aliphatic heterocycles. The van der Waals surface area contributed by atoms with E-state index < -0.39 is 5.60 Å². The van der Waals surface area contributed by atoms with Gasteiger partial charge in [-0.2, -0.15) is 0 Å². The Bertz CT molecular complexity index is 743. The highest BCUT2D eigenvalue weighted by Crippen LogP contribution is 2.32. The number of anilines is 1. The molecule has 2 saturated heterocycles. The molecule has 9 heteroatoms. The summed E-state index contributed by atoms with van der Waals surface area (Å²) >= 11 is 0. The number of para-hydroxylation sites is 1. The second-order valence-electron chi connectivity index (χ2n) is 8.43. The molecule has 9 nitrogen and oxygen atoms in total. The second-order valence-corrected chi connectivity index (χ2v) is 8.43. The smallest absolute Gasteiger partial charge is 0.410 e. The minimum Gasteiger partial charge on any atom is -0.444 e. The van der Waals surface area contributed by atoms with E-state index in [-0.39, 0.29) is 22.7 Å². The number of carbonyl (C=O) groups is 1. The first-order valence-corrected chi connectivity index (χ1v) is 10.0. The number of carbonyl (C=O) groups excluding carboxylic acids is 1. The first-order chi connectivity index (χ1) is 13.7. The van der Waals surface area contributed by atoms with E-state index in [4.69, 9.17) is 9.47 Å². The van der Waals surface area contributed by atoms with Gasteiger partial charge in [0.05, 0.1) is 18.1 Å². The lowest BCUT2D eigenvalue weighted by Crippen LogP contribution is -2.38. The van der Waals surface area contributed by atoms with E-state index in [0.717, 1.165) is 6.42 Å². The van der Waals surface area contributed by atoms with E-state index in [1.807, 2.05) is 31.7 Å². The molecule has 0 bridgehead atoms. The topological polar surface area (TPSA) is 97.2 Å². The van der Waals surface area contributed by atoms with Crippen LogP contribution in [0.5, 0.6) is 0 Å². The summed E-state index contributed by atoms with van der Waals surface area (Å²) in [5, 5.41) is 15.2. The summed E-state index contributed by atoms with van der Waals surface area (Å²) in [5.41, 5.74) is 0.904. The molecule has 1 amide bonds. The highest BCUT2D eigenvalue weighted by molar-refractivity contribution is 5.69. The Kier molecular flexibility index (Phi) is 6.59. The van der Waals surface area contributed by atoms with Gasteiger partial charge in [-0.25, -0.2) is 4.79 Å². The first-order valence-electron chi connectivity index (χ1n) is 10.0. The lowest BCUT2D eigenvalue weighted by atomic mass is 10.1. The van der Waals surface area contributed by atoms with Crippen LogP contribution in [-0.4, -0.2) is 67.0 Å². The number of nitrogens with zero attached hydrogens (tertiary/aromatic N) is 3. The van der Waals surface area contributed by atoms with Crippen LogP contribution in [0, 0.1) is 10.1 Å². The van der Waals surface area contributed by atoms with Crippen LogP contribution in [-0.2, 0) is 16.0 Å². The predicted molar refractivity (Wildman–Crippen MR) is 109 cm³/mol. The van der Waals surface area contributed by atoms with Gasteiger partial charge in [0.2, 0.25) is 0 Å². The first kappa shape index (κ1) is 21.3. The molecule has 3 rings (SSSR count). The zero-order valence-electron chi connectivity index (χ0n) is 17.3. The molecule has 2 aliphatic rings. The zero-order valence-corrected chi connectivity index (χ0v) is 17.3. The third-order valence-electron chi connectivity index (χ3n) is 5.05. The van der Waals surface area contributed by atoms with Crippen LogP contribution in [0.1, 0.15) is 32.8 Å². The Morgan fingerprint density at radius 3 is 2.69 bits per heavy atom. The van der Waals surface area contributed by atoms with E-state index in [0.29, 0.717) is 57.2 Å². The molecule has 1 N–H and O–H groups in total. The van der Waals surface area contributed by atoms with E-state index in [9.17, 15) is 14.9 Å². The number of rotatable bonds is 5. The number of benzene rings is 1. The molecule has 0 aromatic heterocycles. The van der Waals surface area contributed by atoms with Crippen molar-refractivity contribution in [1.82, 2.24) is 10.2 Å². The zero-order chi connectivity index (χ0) is 21.0. The largest absolute Gasteiger partial charge is 0.444 e. The molecule has 29 heavy (non-hydrogen) atoms. The van der Waals surface area contributed by atoms with Gasteiger partial charge in [-0.05, 0) is 33.3 Å². The number of hydrogen-bond donors (Lipinski definition) is 1. The number of nitro groups is 1. The Hall–Kier alpha value is -2.39. The number of amides is 1. The molecule has 1 aromatic carbocycles. The fourth-order valence-electron chi connectivity index (χ4n) is 3.66. The number of likely N-dealkylation sites (tertiary alicyclic amines) is 1. The van der Waals surface area contributed by atoms with Gasteiger partial charge in [-0.3, -0.25) is 10.1 Å². The van der Waals surface area contributed by atoms with Crippen LogP contribution < -0.4 is 10.2 Å². The molecule has 0 saturated carbocycles. The third-order valence-corrected chi connectivity index (χ3v) is 5.05. The van der Waals surface area contributed by atoms with Crippen LogP contribution in [0.4, 0.5) is 16.2 Å². The fourth-order valence-corrected chi connectivity index (χ4v) is 3.66. The van der Waals surface area contributed by atoms with E-state index in [1.165, 1.54) is 0 Å². The highest BCUT2D eigenvalue weighted by Gasteiger charge is 2.30. The predicted octanol–water partition coefficient (Wildman–Crippen LogP) is 2.53. The lowest BCUT2D eigenvalue weighted by molar-refractivity contribution is -0.384. The highest BCUT2D eigenvalue weighted by atomic mass is 16.6. The molecule has 2 fully saturated rings. The average Bonchev–Trinajstić information content (AvgIpc) is 3.14. The molecule has 160 valence electrons. The third kappa shape index (κ3) is 5.57. The summed E-state index contributed by atoms with van der Waals surface area (Å²) < 4.78 is 10.8. The van der Waals surface area contributed by atoms with Gasteiger partial charge in [0.15, 0.2) is 0 Å². The van der Waals surface area contributed by atoms with Gasteiger partial charge >= 0.3 is 6.09 Å². The molecular weight excluding hydrogens is 376 g/mol.